The number of rotatable bonds is 8. The molecule has 0 saturated heterocycles. The normalized spacial score (nSPS) is 11.2. The van der Waals surface area contributed by atoms with E-state index in [0.29, 0.717) is 18.1 Å². The number of hydrogen-bond acceptors (Lipinski definition) is 3. The molecular weight excluding hydrogens is 336 g/mol. The molecule has 2 aromatic carbocycles. The molecule has 5 heteroatoms. The van der Waals surface area contributed by atoms with Crippen molar-refractivity contribution in [2.75, 3.05) is 0 Å². The zero-order valence-electron chi connectivity index (χ0n) is 14.6. The van der Waals surface area contributed by atoms with Gasteiger partial charge in [0.15, 0.2) is 0 Å². The Morgan fingerprint density at radius 1 is 1.12 bits per heavy atom. The molecular formula is C20H23ClN2O2. The van der Waals surface area contributed by atoms with Crippen molar-refractivity contribution in [1.82, 2.24) is 5.43 Å². The Morgan fingerprint density at radius 3 is 2.44 bits per heavy atom. The van der Waals surface area contributed by atoms with Gasteiger partial charge in [-0.3, -0.25) is 4.79 Å². The van der Waals surface area contributed by atoms with Crippen LogP contribution in [0.2, 0.25) is 5.02 Å². The summed E-state index contributed by atoms with van der Waals surface area (Å²) in [5.74, 6) is 0.725. The molecule has 0 bridgehead atoms. The molecule has 0 aliphatic rings. The maximum atomic E-state index is 11.6. The van der Waals surface area contributed by atoms with E-state index in [4.69, 9.17) is 16.3 Å². The molecule has 25 heavy (non-hydrogen) atoms. The van der Waals surface area contributed by atoms with Crippen molar-refractivity contribution in [3.8, 4) is 5.75 Å². The number of halogens is 1. The molecule has 0 atom stereocenters. The average molecular weight is 359 g/mol. The molecule has 0 radical (unpaired) electrons. The molecule has 4 nitrogen and oxygen atoms in total. The Balaban J connectivity index is 1.87. The molecule has 0 saturated carbocycles. The van der Waals surface area contributed by atoms with Crippen molar-refractivity contribution in [3.05, 3.63) is 64.7 Å². The zero-order valence-corrected chi connectivity index (χ0v) is 15.3. The molecule has 1 N–H and O–H groups in total. The minimum Gasteiger partial charge on any atom is -0.489 e. The van der Waals surface area contributed by atoms with Gasteiger partial charge in [-0.15, -0.1) is 0 Å². The van der Waals surface area contributed by atoms with Crippen LogP contribution >= 0.6 is 11.6 Å². The molecule has 0 aliphatic carbocycles. The monoisotopic (exact) mass is 358 g/mol. The van der Waals surface area contributed by atoms with E-state index in [2.05, 4.69) is 17.5 Å². The molecule has 2 aromatic rings. The Kier molecular flexibility index (Phi) is 7.48. The van der Waals surface area contributed by atoms with Gasteiger partial charge in [-0.1, -0.05) is 37.1 Å². The lowest BCUT2D eigenvalue weighted by atomic mass is 10.1. The van der Waals surface area contributed by atoms with Crippen LogP contribution in [0.15, 0.2) is 53.6 Å². The first-order valence-electron chi connectivity index (χ1n) is 8.39. The summed E-state index contributed by atoms with van der Waals surface area (Å²) < 4.78 is 5.76. The number of hydrazone groups is 1. The first kappa shape index (κ1) is 19.0. The molecule has 0 unspecified atom stereocenters. The fourth-order valence-corrected chi connectivity index (χ4v) is 2.27. The topological polar surface area (TPSA) is 50.7 Å². The van der Waals surface area contributed by atoms with Crippen molar-refractivity contribution in [2.45, 2.75) is 39.7 Å². The van der Waals surface area contributed by atoms with Crippen LogP contribution in [-0.4, -0.2) is 11.6 Å². The lowest BCUT2D eigenvalue weighted by molar-refractivity contribution is -0.121. The molecule has 1 amide bonds. The van der Waals surface area contributed by atoms with Crippen LogP contribution in [0.5, 0.6) is 5.75 Å². The first-order valence-corrected chi connectivity index (χ1v) is 8.77. The standard InChI is InChI=1S/C20H23ClN2O2/c1-3-4-5-20(24)23-22-15(2)17-8-12-19(13-9-17)25-14-16-6-10-18(21)11-7-16/h6-13H,3-5,14H2,1-2H3,(H,23,24)/b22-15+. The maximum Gasteiger partial charge on any atom is 0.240 e. The van der Waals surface area contributed by atoms with Crippen molar-refractivity contribution < 1.29 is 9.53 Å². The summed E-state index contributed by atoms with van der Waals surface area (Å²) in [6.07, 6.45) is 2.37. The van der Waals surface area contributed by atoms with Crippen molar-refractivity contribution in [3.63, 3.8) is 0 Å². The number of benzene rings is 2. The fourth-order valence-electron chi connectivity index (χ4n) is 2.14. The van der Waals surface area contributed by atoms with E-state index in [1.807, 2.05) is 55.5 Å². The number of nitrogens with zero attached hydrogens (tertiary/aromatic N) is 1. The average Bonchev–Trinajstić information content (AvgIpc) is 2.64. The highest BCUT2D eigenvalue weighted by atomic mass is 35.5. The van der Waals surface area contributed by atoms with E-state index in [-0.39, 0.29) is 5.91 Å². The third kappa shape index (κ3) is 6.59. The van der Waals surface area contributed by atoms with Gasteiger partial charge in [0, 0.05) is 11.4 Å². The molecule has 0 spiro atoms. The zero-order chi connectivity index (χ0) is 18.1. The van der Waals surface area contributed by atoms with Crippen LogP contribution in [0.4, 0.5) is 0 Å². The van der Waals surface area contributed by atoms with Gasteiger partial charge in [0.05, 0.1) is 5.71 Å². The van der Waals surface area contributed by atoms with Crippen LogP contribution in [0, 0.1) is 0 Å². The van der Waals surface area contributed by atoms with Gasteiger partial charge in [0.25, 0.3) is 0 Å². The summed E-state index contributed by atoms with van der Waals surface area (Å²) in [6, 6.07) is 15.2. The van der Waals surface area contributed by atoms with Gasteiger partial charge in [0.1, 0.15) is 12.4 Å². The Bertz CT molecular complexity index is 709. The van der Waals surface area contributed by atoms with E-state index < -0.39 is 0 Å². The minimum atomic E-state index is -0.0517. The molecule has 132 valence electrons. The number of amides is 1. The summed E-state index contributed by atoms with van der Waals surface area (Å²) in [7, 11) is 0. The van der Waals surface area contributed by atoms with Gasteiger partial charge in [-0.2, -0.15) is 5.10 Å². The second-order valence-electron chi connectivity index (χ2n) is 5.78. The van der Waals surface area contributed by atoms with Gasteiger partial charge in [-0.05, 0) is 60.9 Å². The van der Waals surface area contributed by atoms with E-state index in [1.165, 1.54) is 0 Å². The van der Waals surface area contributed by atoms with E-state index >= 15 is 0 Å². The number of ether oxygens (including phenoxy) is 1. The number of unbranched alkanes of at least 4 members (excludes halogenated alkanes) is 1. The molecule has 0 aromatic heterocycles. The van der Waals surface area contributed by atoms with Crippen LogP contribution in [0.1, 0.15) is 44.2 Å². The Morgan fingerprint density at radius 2 is 1.80 bits per heavy atom. The lowest BCUT2D eigenvalue weighted by Gasteiger charge is -2.08. The molecule has 0 heterocycles. The molecule has 2 rings (SSSR count). The minimum absolute atomic E-state index is 0.0517. The number of carbonyl (C=O) groups is 1. The van der Waals surface area contributed by atoms with Crippen molar-refractivity contribution >= 4 is 23.2 Å². The van der Waals surface area contributed by atoms with Crippen molar-refractivity contribution in [1.29, 1.82) is 0 Å². The van der Waals surface area contributed by atoms with Crippen LogP contribution < -0.4 is 10.2 Å². The summed E-state index contributed by atoms with van der Waals surface area (Å²) in [5, 5.41) is 4.86. The highest BCUT2D eigenvalue weighted by molar-refractivity contribution is 6.30. The van der Waals surface area contributed by atoms with E-state index in [0.717, 1.165) is 35.4 Å². The highest BCUT2D eigenvalue weighted by Gasteiger charge is 2.02. The molecule has 0 fully saturated rings. The van der Waals surface area contributed by atoms with Gasteiger partial charge < -0.3 is 4.74 Å². The number of carbonyl (C=O) groups excluding carboxylic acids is 1. The fraction of sp³-hybridized carbons (Fsp3) is 0.300. The van der Waals surface area contributed by atoms with Crippen LogP contribution in [-0.2, 0) is 11.4 Å². The quantitative estimate of drug-likeness (QED) is 0.536. The second kappa shape index (κ2) is 9.84. The van der Waals surface area contributed by atoms with Gasteiger partial charge in [0.2, 0.25) is 5.91 Å². The number of nitrogens with one attached hydrogen (secondary N) is 1. The van der Waals surface area contributed by atoms with Crippen molar-refractivity contribution in [2.24, 2.45) is 5.10 Å². The Labute approximate surface area is 153 Å². The number of hydrogen-bond donors (Lipinski definition) is 1. The van der Waals surface area contributed by atoms with E-state index in [9.17, 15) is 4.79 Å². The molecule has 0 aliphatic heterocycles. The predicted octanol–water partition coefficient (Wildman–Crippen LogP) is 4.95. The third-order valence-corrected chi connectivity index (χ3v) is 3.95. The summed E-state index contributed by atoms with van der Waals surface area (Å²) >= 11 is 5.87. The summed E-state index contributed by atoms with van der Waals surface area (Å²) in [4.78, 5) is 11.6. The predicted molar refractivity (Wildman–Crippen MR) is 102 cm³/mol. The largest absolute Gasteiger partial charge is 0.489 e. The van der Waals surface area contributed by atoms with Gasteiger partial charge >= 0.3 is 0 Å². The van der Waals surface area contributed by atoms with E-state index in [1.54, 1.807) is 0 Å². The Hall–Kier alpha value is -2.33. The SMILES string of the molecule is CCCCC(=O)N/N=C(\C)c1ccc(OCc2ccc(Cl)cc2)cc1. The maximum absolute atomic E-state index is 11.6. The third-order valence-electron chi connectivity index (χ3n) is 3.70. The smallest absolute Gasteiger partial charge is 0.240 e. The highest BCUT2D eigenvalue weighted by Crippen LogP contribution is 2.16. The lowest BCUT2D eigenvalue weighted by Crippen LogP contribution is -2.18. The summed E-state index contributed by atoms with van der Waals surface area (Å²) in [5.41, 5.74) is 5.34. The second-order valence-corrected chi connectivity index (χ2v) is 6.21. The van der Waals surface area contributed by atoms with Gasteiger partial charge in [-0.25, -0.2) is 5.43 Å². The van der Waals surface area contributed by atoms with Crippen LogP contribution in [0.25, 0.3) is 0 Å². The van der Waals surface area contributed by atoms with Crippen LogP contribution in [0.3, 0.4) is 0 Å². The summed E-state index contributed by atoms with van der Waals surface area (Å²) in [6.45, 7) is 4.40. The first-order chi connectivity index (χ1) is 12.1.